The molecular weight excluding hydrogens is 526 g/mol. The number of aliphatic hydroxyl groups excluding tert-OH is 1. The van der Waals surface area contributed by atoms with E-state index < -0.39 is 29.7 Å². The highest BCUT2D eigenvalue weighted by atomic mass is 19.1. The second-order valence-corrected chi connectivity index (χ2v) is 11.1. The fourth-order valence-electron chi connectivity index (χ4n) is 5.68. The van der Waals surface area contributed by atoms with Gasteiger partial charge in [-0.05, 0) is 93.6 Å². The minimum atomic E-state index is -1.02. The van der Waals surface area contributed by atoms with E-state index >= 15 is 0 Å². The van der Waals surface area contributed by atoms with Gasteiger partial charge in [0, 0.05) is 49.4 Å². The van der Waals surface area contributed by atoms with Crippen molar-refractivity contribution in [3.63, 3.8) is 0 Å². The third-order valence-corrected chi connectivity index (χ3v) is 7.66. The molecule has 1 aliphatic heterocycles. The van der Waals surface area contributed by atoms with Gasteiger partial charge < -0.3 is 20.6 Å². The second-order valence-electron chi connectivity index (χ2n) is 11.1. The molecule has 3 atom stereocenters. The molecule has 0 bridgehead atoms. The van der Waals surface area contributed by atoms with Crippen molar-refractivity contribution in [1.29, 1.82) is 0 Å². The number of carbonyl (C=O) groups excluding carboxylic acids is 2. The zero-order chi connectivity index (χ0) is 29.9. The first-order chi connectivity index (χ1) is 19.6. The van der Waals surface area contributed by atoms with E-state index in [1.165, 1.54) is 12.1 Å². The highest BCUT2D eigenvalue weighted by molar-refractivity contribution is 6.00. The lowest BCUT2D eigenvalue weighted by molar-refractivity contribution is 0.0755. The average molecular weight is 573 g/mol. The Labute approximate surface area is 243 Å². The summed E-state index contributed by atoms with van der Waals surface area (Å²) in [5.74, 6) is -2.03. The molecule has 0 saturated carbocycles. The third kappa shape index (κ3) is 9.58. The van der Waals surface area contributed by atoms with Crippen LogP contribution >= 0.6 is 0 Å². The zero-order valence-electron chi connectivity index (χ0n) is 24.9. The quantitative estimate of drug-likeness (QED) is 0.296. The molecule has 2 aromatic carbocycles. The first kappa shape index (κ1) is 32.6. The summed E-state index contributed by atoms with van der Waals surface area (Å²) in [4.78, 5) is 30.9. The van der Waals surface area contributed by atoms with Gasteiger partial charge in [-0.15, -0.1) is 0 Å². The van der Waals surface area contributed by atoms with E-state index in [1.54, 1.807) is 23.1 Å². The lowest BCUT2D eigenvalue weighted by Gasteiger charge is -2.27. The molecule has 1 heterocycles. The molecule has 2 amide bonds. The van der Waals surface area contributed by atoms with E-state index in [0.717, 1.165) is 50.4 Å². The van der Waals surface area contributed by atoms with Crippen LogP contribution in [-0.2, 0) is 6.42 Å². The number of amides is 2. The number of hydrogen-bond acceptors (Lipinski definition) is 5. The van der Waals surface area contributed by atoms with Crippen molar-refractivity contribution in [2.45, 2.75) is 78.0 Å². The molecule has 7 nitrogen and oxygen atoms in total. The lowest BCUT2D eigenvalue weighted by atomic mass is 9.99. The molecule has 3 N–H and O–H groups in total. The highest BCUT2D eigenvalue weighted by Gasteiger charge is 2.26. The maximum atomic E-state index is 13.9. The van der Waals surface area contributed by atoms with Gasteiger partial charge in [0.05, 0.1) is 12.1 Å². The molecule has 0 aromatic heterocycles. The maximum absolute atomic E-state index is 13.9. The molecular formula is C32H46F2N4O3. The van der Waals surface area contributed by atoms with Crippen molar-refractivity contribution >= 4 is 11.8 Å². The van der Waals surface area contributed by atoms with Crippen LogP contribution in [0.4, 0.5) is 8.78 Å². The minimum absolute atomic E-state index is 0.0339. The van der Waals surface area contributed by atoms with Crippen LogP contribution in [0, 0.1) is 18.6 Å². The Morgan fingerprint density at radius 2 is 1.68 bits per heavy atom. The van der Waals surface area contributed by atoms with E-state index in [9.17, 15) is 23.5 Å². The Hall–Kier alpha value is -2.88. The standard InChI is InChI=1S/C32H46F2N4O3/c1-5-10-38(11-6-2)32(41)25-14-22(4)13-24(18-25)31(40)36-29(17-23-15-26(33)19-27(34)16-23)30(39)21-35-20-28-9-8-12-37(28)7-3/h13-16,18-19,28-30,35,39H,5-12,17,20-21H2,1-4H3,(H,36,40)/t28?,29-,30+/m0/s1. The SMILES string of the molecule is CCCN(CCC)C(=O)c1cc(C)cc(C(=O)N[C@@H](Cc2cc(F)cc(F)c2)[C@H](O)CNCC2CCCN2CC)c1. The predicted molar refractivity (Wildman–Crippen MR) is 158 cm³/mol. The van der Waals surface area contributed by atoms with Crippen LogP contribution < -0.4 is 10.6 Å². The molecule has 9 heteroatoms. The molecule has 1 saturated heterocycles. The third-order valence-electron chi connectivity index (χ3n) is 7.66. The fraction of sp³-hybridized carbons (Fsp3) is 0.562. The summed E-state index contributed by atoms with van der Waals surface area (Å²) in [6.45, 7) is 12.2. The number of nitrogens with one attached hydrogen (secondary N) is 2. The van der Waals surface area contributed by atoms with Crippen LogP contribution in [0.2, 0.25) is 0 Å². The summed E-state index contributed by atoms with van der Waals surface area (Å²) in [7, 11) is 0. The van der Waals surface area contributed by atoms with Crippen molar-refractivity contribution in [3.8, 4) is 0 Å². The zero-order valence-corrected chi connectivity index (χ0v) is 24.9. The normalized spacial score (nSPS) is 16.9. The number of hydrogen-bond donors (Lipinski definition) is 3. The average Bonchev–Trinajstić information content (AvgIpc) is 3.38. The van der Waals surface area contributed by atoms with E-state index in [4.69, 9.17) is 0 Å². The molecule has 1 aliphatic rings. The number of carbonyl (C=O) groups is 2. The van der Waals surface area contributed by atoms with Gasteiger partial charge >= 0.3 is 0 Å². The van der Waals surface area contributed by atoms with E-state index in [0.29, 0.717) is 42.4 Å². The van der Waals surface area contributed by atoms with Gasteiger partial charge in [0.15, 0.2) is 0 Å². The Balaban J connectivity index is 1.78. The predicted octanol–water partition coefficient (Wildman–Crippen LogP) is 4.31. The largest absolute Gasteiger partial charge is 0.390 e. The van der Waals surface area contributed by atoms with Crippen LogP contribution in [0.3, 0.4) is 0 Å². The number of likely N-dealkylation sites (N-methyl/N-ethyl adjacent to an activating group) is 1. The van der Waals surface area contributed by atoms with Crippen molar-refractivity contribution in [1.82, 2.24) is 20.4 Å². The van der Waals surface area contributed by atoms with Gasteiger partial charge in [0.1, 0.15) is 11.6 Å². The first-order valence-electron chi connectivity index (χ1n) is 14.9. The van der Waals surface area contributed by atoms with Crippen LogP contribution in [0.15, 0.2) is 36.4 Å². The lowest BCUT2D eigenvalue weighted by Crippen LogP contribution is -2.50. The van der Waals surface area contributed by atoms with Crippen molar-refractivity contribution < 1.29 is 23.5 Å². The Kier molecular flexibility index (Phi) is 12.7. The van der Waals surface area contributed by atoms with Crippen LogP contribution in [0.25, 0.3) is 0 Å². The van der Waals surface area contributed by atoms with Crippen LogP contribution in [0.1, 0.15) is 78.3 Å². The molecule has 3 rings (SSSR count). The molecule has 1 fully saturated rings. The summed E-state index contributed by atoms with van der Waals surface area (Å²) in [6.07, 6.45) is 2.90. The van der Waals surface area contributed by atoms with E-state index in [1.807, 2.05) is 20.8 Å². The van der Waals surface area contributed by atoms with Gasteiger partial charge in [-0.2, -0.15) is 0 Å². The molecule has 2 aromatic rings. The van der Waals surface area contributed by atoms with Gasteiger partial charge in [-0.3, -0.25) is 14.5 Å². The number of aliphatic hydroxyl groups is 1. The topological polar surface area (TPSA) is 84.9 Å². The first-order valence-corrected chi connectivity index (χ1v) is 14.9. The smallest absolute Gasteiger partial charge is 0.253 e. The van der Waals surface area contributed by atoms with Gasteiger partial charge in [0.25, 0.3) is 11.8 Å². The van der Waals surface area contributed by atoms with Crippen molar-refractivity contribution in [2.24, 2.45) is 0 Å². The summed E-state index contributed by atoms with van der Waals surface area (Å²) >= 11 is 0. The Bertz CT molecular complexity index is 1140. The van der Waals surface area contributed by atoms with Crippen molar-refractivity contribution in [3.05, 3.63) is 70.3 Å². The van der Waals surface area contributed by atoms with Crippen LogP contribution in [-0.4, -0.2) is 84.2 Å². The second kappa shape index (κ2) is 15.9. The summed E-state index contributed by atoms with van der Waals surface area (Å²) in [6, 6.07) is 7.82. The number of halogens is 2. The minimum Gasteiger partial charge on any atom is -0.390 e. The van der Waals surface area contributed by atoms with E-state index in [-0.39, 0.29) is 18.9 Å². The Morgan fingerprint density at radius 3 is 2.32 bits per heavy atom. The van der Waals surface area contributed by atoms with E-state index in [2.05, 4.69) is 22.5 Å². The highest BCUT2D eigenvalue weighted by Crippen LogP contribution is 2.17. The van der Waals surface area contributed by atoms with Gasteiger partial charge in [-0.25, -0.2) is 8.78 Å². The molecule has 0 spiro atoms. The number of likely N-dealkylation sites (tertiary alicyclic amines) is 1. The van der Waals surface area contributed by atoms with Crippen molar-refractivity contribution in [2.75, 3.05) is 39.3 Å². The number of rotatable bonds is 15. The number of nitrogens with zero attached hydrogens (tertiary/aromatic N) is 2. The van der Waals surface area contributed by atoms with Gasteiger partial charge in [0.2, 0.25) is 0 Å². The summed E-state index contributed by atoms with van der Waals surface area (Å²) in [5, 5.41) is 17.4. The fourth-order valence-corrected chi connectivity index (χ4v) is 5.68. The number of benzene rings is 2. The van der Waals surface area contributed by atoms with Gasteiger partial charge in [-0.1, -0.05) is 20.8 Å². The summed E-state index contributed by atoms with van der Waals surface area (Å²) in [5.41, 5.74) is 1.81. The summed E-state index contributed by atoms with van der Waals surface area (Å²) < 4.78 is 27.9. The Morgan fingerprint density at radius 1 is 1.02 bits per heavy atom. The maximum Gasteiger partial charge on any atom is 0.253 e. The molecule has 226 valence electrons. The number of aryl methyl sites for hydroxylation is 1. The van der Waals surface area contributed by atoms with Crippen LogP contribution in [0.5, 0.6) is 0 Å². The monoisotopic (exact) mass is 572 g/mol. The molecule has 0 radical (unpaired) electrons. The molecule has 41 heavy (non-hydrogen) atoms. The molecule has 0 aliphatic carbocycles. The molecule has 1 unspecified atom stereocenters.